The number of Topliss-reactive ketones (excluding diaryl/α,β-unsaturated/α-hetero) is 1. The number of amides is 1. The van der Waals surface area contributed by atoms with E-state index in [0.29, 0.717) is 25.9 Å². The predicted octanol–water partition coefficient (Wildman–Crippen LogP) is -0.622. The van der Waals surface area contributed by atoms with E-state index in [1.807, 2.05) is 0 Å². The maximum absolute atomic E-state index is 11.9. The molecule has 2 heterocycles. The topological polar surface area (TPSA) is 64.3 Å². The molecular weight excluding hydrogens is 222 g/mol. The molecule has 0 atom stereocenters. The lowest BCUT2D eigenvalue weighted by Gasteiger charge is -2.25. The maximum atomic E-state index is 11.9. The van der Waals surface area contributed by atoms with E-state index in [9.17, 15) is 14.4 Å². The fourth-order valence-electron chi connectivity index (χ4n) is 1.88. The van der Waals surface area contributed by atoms with E-state index in [4.69, 9.17) is 0 Å². The van der Waals surface area contributed by atoms with Crippen molar-refractivity contribution in [3.05, 3.63) is 22.9 Å². The van der Waals surface area contributed by atoms with Gasteiger partial charge in [0.2, 0.25) is 5.91 Å². The number of aryl methyl sites for hydroxylation is 1. The summed E-state index contributed by atoms with van der Waals surface area (Å²) in [5, 5.41) is 0. The molecule has 1 aromatic heterocycles. The number of carbonyl (C=O) groups is 2. The minimum atomic E-state index is -0.202. The number of likely N-dealkylation sites (tertiary alicyclic amines) is 1. The van der Waals surface area contributed by atoms with Crippen LogP contribution >= 0.6 is 0 Å². The molecule has 6 heteroatoms. The van der Waals surface area contributed by atoms with Gasteiger partial charge in [0.05, 0.1) is 0 Å². The van der Waals surface area contributed by atoms with E-state index in [0.717, 1.165) is 0 Å². The molecule has 0 bridgehead atoms. The largest absolute Gasteiger partial charge is 0.340 e. The van der Waals surface area contributed by atoms with E-state index in [2.05, 4.69) is 0 Å². The number of ketones is 1. The number of aromatic nitrogens is 2. The van der Waals surface area contributed by atoms with Crippen LogP contribution in [0.2, 0.25) is 0 Å². The Bertz CT molecular complexity index is 490. The Labute approximate surface area is 98.4 Å². The molecular formula is C11H15N3O3. The molecule has 1 aromatic rings. The highest BCUT2D eigenvalue weighted by atomic mass is 16.2. The first-order valence-corrected chi connectivity index (χ1v) is 5.59. The summed E-state index contributed by atoms with van der Waals surface area (Å²) in [5.41, 5.74) is -0.202. The Morgan fingerprint density at radius 2 is 1.88 bits per heavy atom. The number of hydrogen-bond acceptors (Lipinski definition) is 3. The highest BCUT2D eigenvalue weighted by molar-refractivity contribution is 5.83. The van der Waals surface area contributed by atoms with Crippen molar-refractivity contribution in [3.63, 3.8) is 0 Å². The first kappa shape index (κ1) is 11.6. The predicted molar refractivity (Wildman–Crippen MR) is 60.5 cm³/mol. The molecule has 0 unspecified atom stereocenters. The maximum Gasteiger partial charge on any atom is 0.328 e. The molecule has 1 aliphatic rings. The molecule has 1 saturated heterocycles. The lowest BCUT2D eigenvalue weighted by molar-refractivity contribution is -0.135. The van der Waals surface area contributed by atoms with Gasteiger partial charge in [-0.15, -0.1) is 0 Å². The van der Waals surface area contributed by atoms with Crippen molar-refractivity contribution in [2.24, 2.45) is 7.05 Å². The molecule has 1 amide bonds. The minimum absolute atomic E-state index is 0.0495. The molecule has 2 rings (SSSR count). The third-order valence-corrected chi connectivity index (χ3v) is 3.00. The van der Waals surface area contributed by atoms with E-state index in [1.54, 1.807) is 24.3 Å². The van der Waals surface area contributed by atoms with Crippen LogP contribution in [-0.4, -0.2) is 38.8 Å². The molecule has 0 aliphatic carbocycles. The standard InChI is InChI=1S/C11H15N3O3/c1-12-6-7-14(11(12)17)8-10(16)13-4-2-9(15)3-5-13/h6-7H,2-5,8H2,1H3. The van der Waals surface area contributed by atoms with Crippen LogP contribution in [0, 0.1) is 0 Å². The zero-order valence-corrected chi connectivity index (χ0v) is 9.76. The van der Waals surface area contributed by atoms with Crippen molar-refractivity contribution in [2.45, 2.75) is 19.4 Å². The molecule has 0 spiro atoms. The monoisotopic (exact) mass is 237 g/mol. The first-order valence-electron chi connectivity index (χ1n) is 5.59. The summed E-state index contributed by atoms with van der Waals surface area (Å²) in [6.07, 6.45) is 4.07. The number of piperidine rings is 1. The molecule has 0 N–H and O–H groups in total. The van der Waals surface area contributed by atoms with E-state index in [-0.39, 0.29) is 23.9 Å². The summed E-state index contributed by atoms with van der Waals surface area (Å²) in [5.74, 6) is 0.0942. The summed E-state index contributed by atoms with van der Waals surface area (Å²) in [6.45, 7) is 0.992. The number of rotatable bonds is 2. The van der Waals surface area contributed by atoms with Gasteiger partial charge in [-0.3, -0.25) is 14.2 Å². The number of imidazole rings is 1. The number of hydrogen-bond donors (Lipinski definition) is 0. The van der Waals surface area contributed by atoms with Crippen LogP contribution < -0.4 is 5.69 Å². The fourth-order valence-corrected chi connectivity index (χ4v) is 1.88. The Hall–Kier alpha value is -1.85. The second-order valence-corrected chi connectivity index (χ2v) is 4.24. The molecule has 0 aromatic carbocycles. The lowest BCUT2D eigenvalue weighted by atomic mass is 10.1. The van der Waals surface area contributed by atoms with Crippen LogP contribution in [0.15, 0.2) is 17.2 Å². The van der Waals surface area contributed by atoms with Crippen LogP contribution in [0.1, 0.15) is 12.8 Å². The second-order valence-electron chi connectivity index (χ2n) is 4.24. The van der Waals surface area contributed by atoms with Gasteiger partial charge in [-0.05, 0) is 0 Å². The average molecular weight is 237 g/mol. The van der Waals surface area contributed by atoms with Crippen LogP contribution in [-0.2, 0) is 23.2 Å². The van der Waals surface area contributed by atoms with Crippen molar-refractivity contribution in [1.29, 1.82) is 0 Å². The zero-order chi connectivity index (χ0) is 12.4. The van der Waals surface area contributed by atoms with Crippen LogP contribution in [0.5, 0.6) is 0 Å². The van der Waals surface area contributed by atoms with Crippen molar-refractivity contribution in [1.82, 2.24) is 14.0 Å². The third kappa shape index (κ3) is 2.46. The Morgan fingerprint density at radius 1 is 1.24 bits per heavy atom. The Balaban J connectivity index is 2.00. The molecule has 1 fully saturated rings. The summed E-state index contributed by atoms with van der Waals surface area (Å²) in [4.78, 5) is 36.1. The normalized spacial score (nSPS) is 16.3. The Morgan fingerprint density at radius 3 is 2.41 bits per heavy atom. The third-order valence-electron chi connectivity index (χ3n) is 3.00. The van der Waals surface area contributed by atoms with Gasteiger partial charge >= 0.3 is 5.69 Å². The smallest absolute Gasteiger partial charge is 0.328 e. The van der Waals surface area contributed by atoms with Gasteiger partial charge in [0.15, 0.2) is 0 Å². The SMILES string of the molecule is Cn1ccn(CC(=O)N2CCC(=O)CC2)c1=O. The summed E-state index contributed by atoms with van der Waals surface area (Å²) < 4.78 is 2.80. The molecule has 17 heavy (non-hydrogen) atoms. The van der Waals surface area contributed by atoms with E-state index < -0.39 is 0 Å². The molecule has 92 valence electrons. The van der Waals surface area contributed by atoms with Gasteiger partial charge in [-0.2, -0.15) is 0 Å². The highest BCUT2D eigenvalue weighted by Crippen LogP contribution is 2.06. The highest BCUT2D eigenvalue weighted by Gasteiger charge is 2.21. The van der Waals surface area contributed by atoms with Crippen LogP contribution in [0.25, 0.3) is 0 Å². The van der Waals surface area contributed by atoms with E-state index in [1.165, 1.54) is 9.13 Å². The number of carbonyl (C=O) groups excluding carboxylic acids is 2. The van der Waals surface area contributed by atoms with Crippen LogP contribution in [0.3, 0.4) is 0 Å². The lowest BCUT2D eigenvalue weighted by Crippen LogP contribution is -2.41. The number of nitrogens with zero attached hydrogens (tertiary/aromatic N) is 3. The molecule has 0 radical (unpaired) electrons. The Kier molecular flexibility index (Phi) is 3.12. The minimum Gasteiger partial charge on any atom is -0.340 e. The summed E-state index contributed by atoms with van der Waals surface area (Å²) in [7, 11) is 1.64. The van der Waals surface area contributed by atoms with Crippen LogP contribution in [0.4, 0.5) is 0 Å². The second kappa shape index (κ2) is 4.57. The molecule has 0 saturated carbocycles. The van der Waals surface area contributed by atoms with Gasteiger partial charge in [0.25, 0.3) is 0 Å². The fraction of sp³-hybridized carbons (Fsp3) is 0.545. The van der Waals surface area contributed by atoms with E-state index >= 15 is 0 Å². The van der Waals surface area contributed by atoms with Gasteiger partial charge in [-0.25, -0.2) is 4.79 Å². The average Bonchev–Trinajstić information content (AvgIpc) is 2.62. The van der Waals surface area contributed by atoms with Gasteiger partial charge in [0, 0.05) is 45.4 Å². The molecule has 6 nitrogen and oxygen atoms in total. The zero-order valence-electron chi connectivity index (χ0n) is 9.76. The van der Waals surface area contributed by atoms with Crippen molar-refractivity contribution in [3.8, 4) is 0 Å². The van der Waals surface area contributed by atoms with Gasteiger partial charge in [0.1, 0.15) is 12.3 Å². The van der Waals surface area contributed by atoms with Crippen molar-refractivity contribution >= 4 is 11.7 Å². The van der Waals surface area contributed by atoms with Crippen molar-refractivity contribution < 1.29 is 9.59 Å². The first-order chi connectivity index (χ1) is 8.08. The van der Waals surface area contributed by atoms with Gasteiger partial charge in [-0.1, -0.05) is 0 Å². The summed E-state index contributed by atoms with van der Waals surface area (Å²) in [6, 6.07) is 0. The van der Waals surface area contributed by atoms with Crippen molar-refractivity contribution in [2.75, 3.05) is 13.1 Å². The summed E-state index contributed by atoms with van der Waals surface area (Å²) >= 11 is 0. The van der Waals surface area contributed by atoms with Gasteiger partial charge < -0.3 is 9.47 Å². The quantitative estimate of drug-likeness (QED) is 0.688. The molecule has 1 aliphatic heterocycles.